The Morgan fingerprint density at radius 1 is 1.17 bits per heavy atom. The van der Waals surface area contributed by atoms with Crippen LogP contribution in [0.4, 0.5) is 4.39 Å². The van der Waals surface area contributed by atoms with E-state index < -0.39 is 17.5 Å². The van der Waals surface area contributed by atoms with E-state index in [-0.39, 0.29) is 23.4 Å². The number of benzene rings is 1. The van der Waals surface area contributed by atoms with Gasteiger partial charge in [0.2, 0.25) is 0 Å². The molecule has 1 N–H and O–H groups in total. The minimum atomic E-state index is -0.636. The van der Waals surface area contributed by atoms with Crippen molar-refractivity contribution in [2.75, 3.05) is 7.11 Å². The quantitative estimate of drug-likeness (QED) is 0.680. The Morgan fingerprint density at radius 2 is 1.78 bits per heavy atom. The van der Waals surface area contributed by atoms with E-state index in [0.29, 0.717) is 10.9 Å². The lowest BCUT2D eigenvalue weighted by atomic mass is 10.1. The third-order valence-corrected chi connectivity index (χ3v) is 3.71. The number of H-pyrrole nitrogens is 1. The van der Waals surface area contributed by atoms with Crippen LogP contribution in [0.25, 0.3) is 10.9 Å². The van der Waals surface area contributed by atoms with Gasteiger partial charge in [0.15, 0.2) is 0 Å². The smallest absolute Gasteiger partial charge is 0.295 e. The third-order valence-electron chi connectivity index (χ3n) is 3.71. The number of hydrogen-bond donors (Lipinski definition) is 1. The molecule has 0 saturated carbocycles. The van der Waals surface area contributed by atoms with E-state index in [1.807, 2.05) is 27.7 Å². The van der Waals surface area contributed by atoms with Gasteiger partial charge in [-0.25, -0.2) is 4.39 Å². The third kappa shape index (κ3) is 3.06. The number of aromatic amines is 1. The summed E-state index contributed by atoms with van der Waals surface area (Å²) in [7, 11) is 1.39. The molecule has 0 fully saturated rings. The fourth-order valence-corrected chi connectivity index (χ4v) is 2.83. The van der Waals surface area contributed by atoms with Gasteiger partial charge < -0.3 is 14.6 Å². The number of carbonyl (C=O) groups is 2. The van der Waals surface area contributed by atoms with Crippen molar-refractivity contribution in [2.45, 2.75) is 39.8 Å². The second-order valence-corrected chi connectivity index (χ2v) is 5.96. The molecule has 6 heteroatoms. The highest BCUT2D eigenvalue weighted by Gasteiger charge is 2.29. The van der Waals surface area contributed by atoms with Crippen LogP contribution in [0, 0.1) is 5.82 Å². The monoisotopic (exact) mass is 320 g/mol. The van der Waals surface area contributed by atoms with Crippen LogP contribution in [0.5, 0.6) is 5.75 Å². The summed E-state index contributed by atoms with van der Waals surface area (Å²) in [4.78, 5) is 29.6. The van der Waals surface area contributed by atoms with Gasteiger partial charge in [-0.15, -0.1) is 0 Å². The number of Topliss-reactive ketones (excluding diaryl/α,β-unsaturated/α-hetero) is 1. The fraction of sp³-hybridized carbons (Fsp3) is 0.412. The number of rotatable bonds is 5. The number of nitrogens with one attached hydrogen (secondary N) is 1. The largest absolute Gasteiger partial charge is 0.496 e. The van der Waals surface area contributed by atoms with Crippen molar-refractivity contribution in [1.29, 1.82) is 0 Å². The predicted octanol–water partition coefficient (Wildman–Crippen LogP) is 3.14. The van der Waals surface area contributed by atoms with Gasteiger partial charge in [-0.2, -0.15) is 0 Å². The standard InChI is InChI=1S/C17H21FN2O3/c1-9(2)20(10(3)4)17(22)16(21)12-8-19-13-6-11(18)7-14(23-5)15(12)13/h6-10,19H,1-5H3. The zero-order chi connectivity index (χ0) is 17.3. The van der Waals surface area contributed by atoms with E-state index in [9.17, 15) is 14.0 Å². The summed E-state index contributed by atoms with van der Waals surface area (Å²) in [5, 5.41) is 0.416. The lowest BCUT2D eigenvalue weighted by Gasteiger charge is -2.29. The first-order valence-corrected chi connectivity index (χ1v) is 7.49. The number of ether oxygens (including phenoxy) is 1. The van der Waals surface area contributed by atoms with Crippen LogP contribution in [0.2, 0.25) is 0 Å². The maximum atomic E-state index is 13.5. The Hall–Kier alpha value is -2.37. The molecule has 1 heterocycles. The Labute approximate surface area is 134 Å². The van der Waals surface area contributed by atoms with Gasteiger partial charge in [0.25, 0.3) is 11.7 Å². The number of ketones is 1. The van der Waals surface area contributed by atoms with Gasteiger partial charge in [-0.3, -0.25) is 9.59 Å². The summed E-state index contributed by atoms with van der Waals surface area (Å²) in [6.45, 7) is 7.43. The molecule has 5 nitrogen and oxygen atoms in total. The topological polar surface area (TPSA) is 62.4 Å². The second kappa shape index (κ2) is 6.40. The Bertz CT molecular complexity index is 742. The number of hydrogen-bond acceptors (Lipinski definition) is 3. The van der Waals surface area contributed by atoms with Crippen LogP contribution in [0.15, 0.2) is 18.3 Å². The van der Waals surface area contributed by atoms with E-state index in [4.69, 9.17) is 4.74 Å². The highest BCUT2D eigenvalue weighted by atomic mass is 19.1. The number of methoxy groups -OCH3 is 1. The zero-order valence-corrected chi connectivity index (χ0v) is 13.9. The summed E-state index contributed by atoms with van der Waals surface area (Å²) in [6, 6.07) is 2.26. The number of aromatic nitrogens is 1. The highest BCUT2D eigenvalue weighted by Crippen LogP contribution is 2.30. The number of carbonyl (C=O) groups excluding carboxylic acids is 2. The number of fused-ring (bicyclic) bond motifs is 1. The molecular formula is C17H21FN2O3. The van der Waals surface area contributed by atoms with Crippen molar-refractivity contribution in [3.05, 3.63) is 29.7 Å². The molecule has 0 unspecified atom stereocenters. The van der Waals surface area contributed by atoms with Gasteiger partial charge in [-0.1, -0.05) is 0 Å². The summed E-state index contributed by atoms with van der Waals surface area (Å²) in [5.74, 6) is -1.48. The Kier molecular flexibility index (Phi) is 4.73. The molecule has 23 heavy (non-hydrogen) atoms. The van der Waals surface area contributed by atoms with Crippen molar-refractivity contribution >= 4 is 22.6 Å². The molecule has 124 valence electrons. The van der Waals surface area contributed by atoms with Crippen molar-refractivity contribution in [2.24, 2.45) is 0 Å². The second-order valence-electron chi connectivity index (χ2n) is 5.96. The lowest BCUT2D eigenvalue weighted by Crippen LogP contribution is -2.45. The summed E-state index contributed by atoms with van der Waals surface area (Å²) in [5.41, 5.74) is 0.604. The minimum Gasteiger partial charge on any atom is -0.496 e. The maximum Gasteiger partial charge on any atom is 0.295 e. The van der Waals surface area contributed by atoms with Crippen LogP contribution < -0.4 is 4.74 Å². The molecule has 0 aliphatic rings. The SMILES string of the molecule is COc1cc(F)cc2[nH]cc(C(=O)C(=O)N(C(C)C)C(C)C)c12. The van der Waals surface area contributed by atoms with Crippen LogP contribution in [0.3, 0.4) is 0 Å². The van der Waals surface area contributed by atoms with Crippen LogP contribution in [-0.4, -0.2) is 40.8 Å². The van der Waals surface area contributed by atoms with Gasteiger partial charge in [0, 0.05) is 24.3 Å². The molecule has 2 rings (SSSR count). The lowest BCUT2D eigenvalue weighted by molar-refractivity contribution is -0.129. The molecule has 0 aliphatic heterocycles. The molecule has 1 aromatic carbocycles. The van der Waals surface area contributed by atoms with Crippen molar-refractivity contribution in [3.8, 4) is 5.75 Å². The first kappa shape index (κ1) is 17.0. The van der Waals surface area contributed by atoms with Crippen molar-refractivity contribution < 1.29 is 18.7 Å². The van der Waals surface area contributed by atoms with E-state index >= 15 is 0 Å². The molecule has 0 atom stereocenters. The molecule has 1 aromatic heterocycles. The van der Waals surface area contributed by atoms with E-state index in [2.05, 4.69) is 4.98 Å². The van der Waals surface area contributed by atoms with Gasteiger partial charge in [-0.05, 0) is 33.8 Å². The van der Waals surface area contributed by atoms with Crippen LogP contribution in [-0.2, 0) is 4.79 Å². The first-order chi connectivity index (χ1) is 10.8. The van der Waals surface area contributed by atoms with Crippen LogP contribution >= 0.6 is 0 Å². The number of halogens is 1. The number of nitrogens with zero attached hydrogens (tertiary/aromatic N) is 1. The average Bonchev–Trinajstić information content (AvgIpc) is 2.88. The fourth-order valence-electron chi connectivity index (χ4n) is 2.83. The number of amides is 1. The van der Waals surface area contributed by atoms with Crippen LogP contribution in [0.1, 0.15) is 38.1 Å². The van der Waals surface area contributed by atoms with E-state index in [1.165, 1.54) is 30.3 Å². The normalized spacial score (nSPS) is 11.3. The highest BCUT2D eigenvalue weighted by molar-refractivity contribution is 6.45. The van der Waals surface area contributed by atoms with Gasteiger partial charge >= 0.3 is 0 Å². The molecular weight excluding hydrogens is 299 g/mol. The summed E-state index contributed by atoms with van der Waals surface area (Å²) in [6.07, 6.45) is 1.42. The zero-order valence-electron chi connectivity index (χ0n) is 13.9. The molecule has 1 amide bonds. The summed E-state index contributed by atoms with van der Waals surface area (Å²) >= 11 is 0. The average molecular weight is 320 g/mol. The Balaban J connectivity index is 2.52. The maximum absolute atomic E-state index is 13.5. The summed E-state index contributed by atoms with van der Waals surface area (Å²) < 4.78 is 18.7. The molecule has 0 spiro atoms. The molecule has 2 aromatic rings. The van der Waals surface area contributed by atoms with E-state index in [0.717, 1.165) is 0 Å². The predicted molar refractivity (Wildman–Crippen MR) is 86.3 cm³/mol. The minimum absolute atomic E-state index is 0.101. The Morgan fingerprint density at radius 3 is 2.30 bits per heavy atom. The molecule has 0 radical (unpaired) electrons. The molecule has 0 aliphatic carbocycles. The van der Waals surface area contributed by atoms with Gasteiger partial charge in [0.05, 0.1) is 23.6 Å². The van der Waals surface area contributed by atoms with Crippen molar-refractivity contribution in [3.63, 3.8) is 0 Å². The molecule has 0 saturated heterocycles. The molecule has 0 bridgehead atoms. The van der Waals surface area contributed by atoms with E-state index in [1.54, 1.807) is 0 Å². The van der Waals surface area contributed by atoms with Crippen molar-refractivity contribution in [1.82, 2.24) is 9.88 Å². The first-order valence-electron chi connectivity index (χ1n) is 7.49. The van der Waals surface area contributed by atoms with Gasteiger partial charge in [0.1, 0.15) is 11.6 Å².